The number of nitrogens with one attached hydrogen (secondary N) is 2. The number of carbonyl (C=O) groups excluding carboxylic acids is 1. The number of halogens is 1. The van der Waals surface area contributed by atoms with Crippen molar-refractivity contribution < 1.29 is 17.6 Å². The third-order valence-electron chi connectivity index (χ3n) is 4.38. The average Bonchev–Trinajstić information content (AvgIpc) is 2.75. The van der Waals surface area contributed by atoms with E-state index in [1.54, 1.807) is 48.5 Å². The Morgan fingerprint density at radius 3 is 2.39 bits per heavy atom. The van der Waals surface area contributed by atoms with Gasteiger partial charge in [0.1, 0.15) is 11.1 Å². The SMILES string of the molecule is O=C(Nc1cccc(S(=O)(=O)Nc2ccc(Br)cc2)c1)c1cc2ccccc2oc1=O. The molecule has 7 nitrogen and oxygen atoms in total. The molecule has 2 N–H and O–H groups in total. The molecular weight excluding hydrogens is 484 g/mol. The van der Waals surface area contributed by atoms with Gasteiger partial charge in [-0.2, -0.15) is 0 Å². The van der Waals surface area contributed by atoms with Gasteiger partial charge >= 0.3 is 5.63 Å². The highest BCUT2D eigenvalue weighted by molar-refractivity contribution is 9.10. The zero-order valence-corrected chi connectivity index (χ0v) is 18.2. The first-order chi connectivity index (χ1) is 14.8. The number of amides is 1. The van der Waals surface area contributed by atoms with Gasteiger partial charge in [-0.15, -0.1) is 0 Å². The van der Waals surface area contributed by atoms with Gasteiger partial charge in [-0.1, -0.05) is 40.2 Å². The fraction of sp³-hybridized carbons (Fsp3) is 0. The van der Waals surface area contributed by atoms with Crippen LogP contribution in [0.15, 0.2) is 97.4 Å². The first kappa shape index (κ1) is 20.8. The second-order valence-electron chi connectivity index (χ2n) is 6.58. The van der Waals surface area contributed by atoms with E-state index in [0.29, 0.717) is 16.7 Å². The molecule has 1 heterocycles. The zero-order chi connectivity index (χ0) is 22.0. The number of fused-ring (bicyclic) bond motifs is 1. The van der Waals surface area contributed by atoms with Crippen LogP contribution < -0.4 is 15.7 Å². The van der Waals surface area contributed by atoms with Crippen LogP contribution in [0.25, 0.3) is 11.0 Å². The predicted octanol–water partition coefficient (Wildman–Crippen LogP) is 4.61. The minimum atomic E-state index is -3.88. The van der Waals surface area contributed by atoms with E-state index in [2.05, 4.69) is 26.0 Å². The molecule has 4 rings (SSSR count). The molecule has 0 fully saturated rings. The smallest absolute Gasteiger partial charge is 0.349 e. The van der Waals surface area contributed by atoms with Crippen LogP contribution >= 0.6 is 15.9 Å². The molecule has 0 bridgehead atoms. The molecule has 156 valence electrons. The molecule has 0 radical (unpaired) electrons. The molecule has 31 heavy (non-hydrogen) atoms. The summed E-state index contributed by atoms with van der Waals surface area (Å²) in [7, 11) is -3.88. The average molecular weight is 499 g/mol. The fourth-order valence-electron chi connectivity index (χ4n) is 2.89. The lowest BCUT2D eigenvalue weighted by atomic mass is 10.1. The number of rotatable bonds is 5. The number of benzene rings is 3. The van der Waals surface area contributed by atoms with Gasteiger partial charge < -0.3 is 9.73 Å². The molecule has 0 saturated carbocycles. The second-order valence-corrected chi connectivity index (χ2v) is 9.18. The normalized spacial score (nSPS) is 11.3. The first-order valence-electron chi connectivity index (χ1n) is 9.04. The van der Waals surface area contributed by atoms with E-state index in [-0.39, 0.29) is 16.1 Å². The van der Waals surface area contributed by atoms with Crippen molar-refractivity contribution in [3.63, 3.8) is 0 Å². The topological polar surface area (TPSA) is 105 Å². The van der Waals surface area contributed by atoms with Crippen LogP contribution in [0.4, 0.5) is 11.4 Å². The number of para-hydroxylation sites is 1. The summed E-state index contributed by atoms with van der Waals surface area (Å²) in [4.78, 5) is 24.8. The van der Waals surface area contributed by atoms with Gasteiger partial charge in [-0.25, -0.2) is 13.2 Å². The number of carbonyl (C=O) groups is 1. The number of hydrogen-bond acceptors (Lipinski definition) is 5. The third-order valence-corrected chi connectivity index (χ3v) is 6.29. The second kappa shape index (κ2) is 8.37. The van der Waals surface area contributed by atoms with E-state index in [1.165, 1.54) is 30.3 Å². The maximum Gasteiger partial charge on any atom is 0.349 e. The molecule has 0 spiro atoms. The van der Waals surface area contributed by atoms with E-state index < -0.39 is 21.6 Å². The maximum absolute atomic E-state index is 12.7. The van der Waals surface area contributed by atoms with Crippen LogP contribution in [0, 0.1) is 0 Å². The predicted molar refractivity (Wildman–Crippen MR) is 122 cm³/mol. The van der Waals surface area contributed by atoms with Crippen molar-refractivity contribution in [3.8, 4) is 0 Å². The molecule has 0 aliphatic rings. The van der Waals surface area contributed by atoms with E-state index in [1.807, 2.05) is 0 Å². The lowest BCUT2D eigenvalue weighted by Gasteiger charge is -2.10. The van der Waals surface area contributed by atoms with E-state index in [4.69, 9.17) is 4.42 Å². The standard InChI is InChI=1S/C22H15BrN2O5S/c23-15-8-10-16(11-9-15)25-31(28,29)18-6-3-5-17(13-18)24-21(26)19-12-14-4-1-2-7-20(14)30-22(19)27/h1-13,25H,(H,24,26). The first-order valence-corrected chi connectivity index (χ1v) is 11.3. The molecule has 1 amide bonds. The highest BCUT2D eigenvalue weighted by Crippen LogP contribution is 2.21. The largest absolute Gasteiger partial charge is 0.422 e. The summed E-state index contributed by atoms with van der Waals surface area (Å²) < 4.78 is 33.9. The summed E-state index contributed by atoms with van der Waals surface area (Å²) >= 11 is 3.29. The van der Waals surface area contributed by atoms with Crippen LogP contribution in [-0.4, -0.2) is 14.3 Å². The van der Waals surface area contributed by atoms with E-state index in [0.717, 1.165) is 4.47 Å². The molecule has 9 heteroatoms. The van der Waals surface area contributed by atoms with Crippen molar-refractivity contribution in [2.45, 2.75) is 4.90 Å². The lowest BCUT2D eigenvalue weighted by molar-refractivity contribution is 0.102. The van der Waals surface area contributed by atoms with Crippen LogP contribution in [0.2, 0.25) is 0 Å². The summed E-state index contributed by atoms with van der Waals surface area (Å²) in [6, 6.07) is 20.7. The molecular formula is C22H15BrN2O5S. The minimum Gasteiger partial charge on any atom is -0.422 e. The van der Waals surface area contributed by atoms with Gasteiger partial charge in [0.05, 0.1) is 4.90 Å². The Kier molecular flexibility index (Phi) is 5.62. The van der Waals surface area contributed by atoms with Crippen LogP contribution in [0.3, 0.4) is 0 Å². The quantitative estimate of drug-likeness (QED) is 0.391. The maximum atomic E-state index is 12.7. The van der Waals surface area contributed by atoms with Gasteiger partial charge in [0.2, 0.25) is 0 Å². The monoisotopic (exact) mass is 498 g/mol. The third kappa shape index (κ3) is 4.68. The van der Waals surface area contributed by atoms with Crippen molar-refractivity contribution in [1.29, 1.82) is 0 Å². The van der Waals surface area contributed by atoms with Crippen molar-refractivity contribution in [2.24, 2.45) is 0 Å². The van der Waals surface area contributed by atoms with E-state index in [9.17, 15) is 18.0 Å². The summed E-state index contributed by atoms with van der Waals surface area (Å²) in [5.41, 5.74) is 0.0237. The Hall–Kier alpha value is -3.43. The Morgan fingerprint density at radius 1 is 0.871 bits per heavy atom. The van der Waals surface area contributed by atoms with Crippen molar-refractivity contribution in [1.82, 2.24) is 0 Å². The highest BCUT2D eigenvalue weighted by Gasteiger charge is 2.17. The number of sulfonamides is 1. The molecule has 1 aromatic heterocycles. The zero-order valence-electron chi connectivity index (χ0n) is 15.8. The summed E-state index contributed by atoms with van der Waals surface area (Å²) in [5, 5.41) is 3.15. The summed E-state index contributed by atoms with van der Waals surface area (Å²) in [6.45, 7) is 0. The Bertz CT molecular complexity index is 1450. The molecule has 4 aromatic rings. The van der Waals surface area contributed by atoms with Crippen molar-refractivity contribution >= 4 is 54.2 Å². The van der Waals surface area contributed by atoms with Crippen LogP contribution in [0.5, 0.6) is 0 Å². The Balaban J connectivity index is 1.58. The summed E-state index contributed by atoms with van der Waals surface area (Å²) in [6.07, 6.45) is 0. The molecule has 0 aliphatic heterocycles. The molecule has 0 atom stereocenters. The summed E-state index contributed by atoms with van der Waals surface area (Å²) in [5.74, 6) is -0.699. The van der Waals surface area contributed by atoms with Gasteiger partial charge in [0.15, 0.2) is 0 Å². The van der Waals surface area contributed by atoms with Crippen molar-refractivity contribution in [3.05, 3.63) is 99.3 Å². The highest BCUT2D eigenvalue weighted by atomic mass is 79.9. The van der Waals surface area contributed by atoms with E-state index >= 15 is 0 Å². The van der Waals surface area contributed by atoms with Gasteiger partial charge in [0, 0.05) is 21.2 Å². The van der Waals surface area contributed by atoms with Crippen LogP contribution in [0.1, 0.15) is 10.4 Å². The fourth-order valence-corrected chi connectivity index (χ4v) is 4.26. The number of hydrogen-bond donors (Lipinski definition) is 2. The van der Waals surface area contributed by atoms with Crippen LogP contribution in [-0.2, 0) is 10.0 Å². The molecule has 0 saturated heterocycles. The molecule has 0 aliphatic carbocycles. The van der Waals surface area contributed by atoms with Gasteiger partial charge in [0.25, 0.3) is 15.9 Å². The van der Waals surface area contributed by atoms with Crippen molar-refractivity contribution in [2.75, 3.05) is 10.0 Å². The minimum absolute atomic E-state index is 0.0428. The number of anilines is 2. The Morgan fingerprint density at radius 2 is 1.61 bits per heavy atom. The molecule has 3 aromatic carbocycles. The van der Waals surface area contributed by atoms with Gasteiger partial charge in [-0.3, -0.25) is 9.52 Å². The van der Waals surface area contributed by atoms with Gasteiger partial charge in [-0.05, 0) is 54.6 Å². The molecule has 0 unspecified atom stereocenters. The lowest BCUT2D eigenvalue weighted by Crippen LogP contribution is -2.21. The Labute approximate surface area is 185 Å².